The maximum atomic E-state index is 14.0. The van der Waals surface area contributed by atoms with Crippen LogP contribution in [0, 0.1) is 19.7 Å². The summed E-state index contributed by atoms with van der Waals surface area (Å²) >= 11 is 0. The summed E-state index contributed by atoms with van der Waals surface area (Å²) in [6.07, 6.45) is 2.81. The molecule has 2 aromatic carbocycles. The average Bonchev–Trinajstić information content (AvgIpc) is 3.52. The first-order valence-electron chi connectivity index (χ1n) is 13.5. The average molecular weight is 620 g/mol. The number of nitrogens with zero attached hydrogens (tertiary/aromatic N) is 3. The lowest BCUT2D eigenvalue weighted by molar-refractivity contribution is -0.119. The Kier molecular flexibility index (Phi) is 8.11. The standard InChI is InChI=1S/C30H30FN7O5S/c1-16(2)35-27(39)15-44(41,42)37-22-12-23-19(9-17(22)3)11-24(36-23)29(40)20-13-34-38(30(20)32)25-14-33-28(10-18(25)4)43-26-8-6-5-7-21(26)31/h5-14,16,36-37H,15,32H2,1-4H3,(H,35,39). The maximum absolute atomic E-state index is 14.0. The molecule has 44 heavy (non-hydrogen) atoms. The third-order valence-electron chi connectivity index (χ3n) is 6.64. The van der Waals surface area contributed by atoms with Crippen LogP contribution in [0.1, 0.15) is 41.0 Å². The summed E-state index contributed by atoms with van der Waals surface area (Å²) < 4.78 is 48.5. The highest BCUT2D eigenvalue weighted by Gasteiger charge is 2.22. The Hall–Kier alpha value is -5.24. The highest BCUT2D eigenvalue weighted by molar-refractivity contribution is 7.93. The van der Waals surface area contributed by atoms with Gasteiger partial charge in [0.05, 0.1) is 35.0 Å². The van der Waals surface area contributed by atoms with E-state index in [0.29, 0.717) is 27.7 Å². The molecule has 0 bridgehead atoms. The molecule has 5 aromatic rings. The summed E-state index contributed by atoms with van der Waals surface area (Å²) in [4.78, 5) is 32.7. The molecule has 5 N–H and O–H groups in total. The van der Waals surface area contributed by atoms with Gasteiger partial charge in [-0.15, -0.1) is 0 Å². The molecule has 3 heterocycles. The van der Waals surface area contributed by atoms with Gasteiger partial charge in [0.25, 0.3) is 0 Å². The first-order chi connectivity index (χ1) is 20.8. The van der Waals surface area contributed by atoms with Crippen molar-refractivity contribution in [1.82, 2.24) is 25.1 Å². The molecule has 0 saturated carbocycles. The van der Waals surface area contributed by atoms with E-state index in [2.05, 4.69) is 25.1 Å². The monoisotopic (exact) mass is 619 g/mol. The Morgan fingerprint density at radius 1 is 1.09 bits per heavy atom. The zero-order chi connectivity index (χ0) is 31.8. The van der Waals surface area contributed by atoms with Crippen molar-refractivity contribution in [3.8, 4) is 17.3 Å². The maximum Gasteiger partial charge on any atom is 0.241 e. The molecule has 0 atom stereocenters. The molecule has 0 spiro atoms. The van der Waals surface area contributed by atoms with Gasteiger partial charge < -0.3 is 20.8 Å². The number of carbonyl (C=O) groups excluding carboxylic acids is 2. The molecule has 0 aliphatic carbocycles. The van der Waals surface area contributed by atoms with Crippen LogP contribution in [0.25, 0.3) is 16.6 Å². The molecule has 14 heteroatoms. The van der Waals surface area contributed by atoms with Crippen molar-refractivity contribution in [3.05, 3.63) is 89.1 Å². The van der Waals surface area contributed by atoms with Gasteiger partial charge in [-0.3, -0.25) is 14.3 Å². The predicted octanol–water partition coefficient (Wildman–Crippen LogP) is 4.38. The zero-order valence-electron chi connectivity index (χ0n) is 24.3. The van der Waals surface area contributed by atoms with Crippen LogP contribution in [0.15, 0.2) is 60.9 Å². The van der Waals surface area contributed by atoms with E-state index in [4.69, 9.17) is 10.5 Å². The lowest BCUT2D eigenvalue weighted by atomic mass is 10.1. The lowest BCUT2D eigenvalue weighted by Crippen LogP contribution is -2.36. The molecule has 0 aliphatic rings. The Bertz CT molecular complexity index is 2020. The van der Waals surface area contributed by atoms with Crippen molar-refractivity contribution in [3.63, 3.8) is 0 Å². The molecule has 1 amide bonds. The first-order valence-corrected chi connectivity index (χ1v) is 15.2. The summed E-state index contributed by atoms with van der Waals surface area (Å²) in [5.74, 6) is -2.01. The second kappa shape index (κ2) is 11.8. The second-order valence-electron chi connectivity index (χ2n) is 10.5. The SMILES string of the molecule is Cc1cc2cc(C(=O)c3cnn(-c4cnc(Oc5ccccc5F)cc4C)c3N)[nH]c2cc1NS(=O)(=O)CC(=O)NC(C)C. The summed E-state index contributed by atoms with van der Waals surface area (Å²) in [6.45, 7) is 6.96. The molecule has 228 valence electrons. The number of halogens is 1. The number of aromatic nitrogens is 4. The fraction of sp³-hybridized carbons (Fsp3) is 0.200. The van der Waals surface area contributed by atoms with Crippen molar-refractivity contribution in [2.24, 2.45) is 0 Å². The van der Waals surface area contributed by atoms with Gasteiger partial charge in [0.15, 0.2) is 11.6 Å². The Balaban J connectivity index is 1.37. The summed E-state index contributed by atoms with van der Waals surface area (Å²) in [5, 5.41) is 7.51. The van der Waals surface area contributed by atoms with Gasteiger partial charge in [-0.05, 0) is 69.2 Å². The number of benzene rings is 2. The van der Waals surface area contributed by atoms with E-state index in [9.17, 15) is 22.4 Å². The second-order valence-corrected chi connectivity index (χ2v) is 12.3. The number of amides is 1. The topological polar surface area (TPSA) is 174 Å². The summed E-state index contributed by atoms with van der Waals surface area (Å²) in [6, 6.07) is 12.3. The lowest BCUT2D eigenvalue weighted by Gasteiger charge is -2.12. The summed E-state index contributed by atoms with van der Waals surface area (Å²) in [7, 11) is -3.98. The molecule has 5 rings (SSSR count). The van der Waals surface area contributed by atoms with Crippen LogP contribution in [0.4, 0.5) is 15.9 Å². The fourth-order valence-electron chi connectivity index (χ4n) is 4.58. The van der Waals surface area contributed by atoms with Crippen molar-refractivity contribution in [2.75, 3.05) is 16.2 Å². The largest absolute Gasteiger partial charge is 0.436 e. The number of anilines is 2. The number of hydrogen-bond donors (Lipinski definition) is 4. The van der Waals surface area contributed by atoms with Crippen LogP contribution >= 0.6 is 0 Å². The minimum Gasteiger partial charge on any atom is -0.436 e. The van der Waals surface area contributed by atoms with E-state index in [1.54, 1.807) is 64.1 Å². The molecular formula is C30H30FN7O5S. The van der Waals surface area contributed by atoms with E-state index in [1.807, 2.05) is 0 Å². The number of ketones is 1. The molecule has 0 radical (unpaired) electrons. The van der Waals surface area contributed by atoms with E-state index < -0.39 is 33.3 Å². The Morgan fingerprint density at radius 2 is 1.84 bits per heavy atom. The number of H-pyrrole nitrogens is 1. The van der Waals surface area contributed by atoms with Crippen LogP contribution in [0.5, 0.6) is 11.6 Å². The number of ether oxygens (including phenoxy) is 1. The first kappa shape index (κ1) is 30.2. The van der Waals surface area contributed by atoms with Crippen molar-refractivity contribution in [2.45, 2.75) is 33.7 Å². The van der Waals surface area contributed by atoms with Crippen molar-refractivity contribution in [1.29, 1.82) is 0 Å². The van der Waals surface area contributed by atoms with Crippen LogP contribution in [-0.2, 0) is 14.8 Å². The van der Waals surface area contributed by atoms with E-state index >= 15 is 0 Å². The van der Waals surface area contributed by atoms with Crippen LogP contribution in [-0.4, -0.2) is 51.7 Å². The van der Waals surface area contributed by atoms with Gasteiger partial charge >= 0.3 is 0 Å². The highest BCUT2D eigenvalue weighted by Crippen LogP contribution is 2.29. The zero-order valence-corrected chi connectivity index (χ0v) is 25.1. The number of fused-ring (bicyclic) bond motifs is 1. The van der Waals surface area contributed by atoms with Gasteiger partial charge in [0.2, 0.25) is 27.6 Å². The number of para-hydroxylation sites is 1. The number of aromatic amines is 1. The van der Waals surface area contributed by atoms with Crippen LogP contribution < -0.4 is 20.5 Å². The third kappa shape index (κ3) is 6.39. The Labute approximate surface area is 252 Å². The molecule has 0 aliphatic heterocycles. The number of nitrogens with two attached hydrogens (primary N) is 1. The fourth-order valence-corrected chi connectivity index (χ4v) is 5.63. The number of aryl methyl sites for hydroxylation is 2. The number of rotatable bonds is 10. The van der Waals surface area contributed by atoms with Gasteiger partial charge in [0.1, 0.15) is 11.6 Å². The summed E-state index contributed by atoms with van der Waals surface area (Å²) in [5.41, 5.74) is 9.23. The van der Waals surface area contributed by atoms with Gasteiger partial charge in [-0.25, -0.2) is 22.5 Å². The smallest absolute Gasteiger partial charge is 0.241 e. The number of hydrogen-bond acceptors (Lipinski definition) is 8. The Morgan fingerprint density at radius 3 is 2.55 bits per heavy atom. The predicted molar refractivity (Wildman–Crippen MR) is 164 cm³/mol. The molecule has 0 saturated heterocycles. The number of sulfonamides is 1. The molecule has 0 fully saturated rings. The molecular weight excluding hydrogens is 589 g/mol. The van der Waals surface area contributed by atoms with Gasteiger partial charge in [0, 0.05) is 23.0 Å². The highest BCUT2D eigenvalue weighted by atomic mass is 32.2. The molecule has 0 unspecified atom stereocenters. The minimum atomic E-state index is -3.98. The van der Waals surface area contributed by atoms with Crippen molar-refractivity contribution >= 4 is 44.1 Å². The van der Waals surface area contributed by atoms with Crippen molar-refractivity contribution < 1.29 is 27.1 Å². The van der Waals surface area contributed by atoms with E-state index in [-0.39, 0.29) is 40.4 Å². The van der Waals surface area contributed by atoms with Gasteiger partial charge in [-0.2, -0.15) is 5.10 Å². The van der Waals surface area contributed by atoms with Crippen LogP contribution in [0.3, 0.4) is 0 Å². The normalized spacial score (nSPS) is 11.6. The molecule has 3 aromatic heterocycles. The number of nitrogen functional groups attached to an aromatic ring is 1. The quantitative estimate of drug-likeness (QED) is 0.167. The minimum absolute atomic E-state index is 0.0331. The number of pyridine rings is 1. The van der Waals surface area contributed by atoms with Crippen LogP contribution in [0.2, 0.25) is 0 Å². The number of carbonyl (C=O) groups is 2. The molecule has 12 nitrogen and oxygen atoms in total. The van der Waals surface area contributed by atoms with E-state index in [0.717, 1.165) is 0 Å². The van der Waals surface area contributed by atoms with E-state index in [1.165, 1.54) is 29.2 Å². The third-order valence-corrected chi connectivity index (χ3v) is 7.81. The number of nitrogens with one attached hydrogen (secondary N) is 3. The van der Waals surface area contributed by atoms with Gasteiger partial charge in [-0.1, -0.05) is 12.1 Å².